The van der Waals surface area contributed by atoms with Gasteiger partial charge in [-0.15, -0.1) is 0 Å². The number of hydrogen-bond acceptors (Lipinski definition) is 3. The van der Waals surface area contributed by atoms with Crippen LogP contribution in [0.5, 0.6) is 0 Å². The van der Waals surface area contributed by atoms with Gasteiger partial charge >= 0.3 is 11.8 Å². The first kappa shape index (κ1) is 13.5. The Morgan fingerprint density at radius 3 is 2.37 bits per heavy atom. The van der Waals surface area contributed by atoms with Gasteiger partial charge in [0.05, 0.1) is 6.61 Å². The quantitative estimate of drug-likeness (QED) is 0.703. The Balaban J connectivity index is 1.82. The van der Waals surface area contributed by atoms with E-state index < -0.39 is 11.8 Å². The van der Waals surface area contributed by atoms with Crippen LogP contribution in [0.3, 0.4) is 0 Å². The van der Waals surface area contributed by atoms with Crippen LogP contribution in [0, 0.1) is 12.3 Å². The number of hydrogen-bond donors (Lipinski definition) is 3. The molecule has 1 aromatic carbocycles. The van der Waals surface area contributed by atoms with E-state index in [0.717, 1.165) is 18.4 Å². The normalized spacial score (nSPS) is 15.7. The molecule has 0 atom stereocenters. The summed E-state index contributed by atoms with van der Waals surface area (Å²) in [6, 6.07) is 7.21. The van der Waals surface area contributed by atoms with Gasteiger partial charge in [0.1, 0.15) is 0 Å². The van der Waals surface area contributed by atoms with E-state index in [1.807, 2.05) is 19.1 Å². The molecule has 0 bridgehead atoms. The number of nitrogens with one attached hydrogen (secondary N) is 2. The Kier molecular flexibility index (Phi) is 3.85. The van der Waals surface area contributed by atoms with Crippen LogP contribution in [-0.4, -0.2) is 30.1 Å². The second-order valence-electron chi connectivity index (χ2n) is 5.16. The third-order valence-electron chi connectivity index (χ3n) is 3.43. The zero-order valence-corrected chi connectivity index (χ0v) is 10.9. The van der Waals surface area contributed by atoms with Gasteiger partial charge in [0.25, 0.3) is 0 Å². The topological polar surface area (TPSA) is 78.4 Å². The molecule has 5 heteroatoms. The number of rotatable bonds is 4. The van der Waals surface area contributed by atoms with Crippen molar-refractivity contribution in [2.24, 2.45) is 5.41 Å². The predicted molar refractivity (Wildman–Crippen MR) is 71.6 cm³/mol. The van der Waals surface area contributed by atoms with Crippen LogP contribution in [0.4, 0.5) is 5.69 Å². The summed E-state index contributed by atoms with van der Waals surface area (Å²) in [4.78, 5) is 23.2. The maximum atomic E-state index is 11.6. The van der Waals surface area contributed by atoms with Crippen LogP contribution in [0.15, 0.2) is 24.3 Å². The Hall–Kier alpha value is -1.88. The molecule has 1 aromatic rings. The first-order valence-electron chi connectivity index (χ1n) is 6.31. The fraction of sp³-hybridized carbons (Fsp3) is 0.429. The Morgan fingerprint density at radius 1 is 1.21 bits per heavy atom. The minimum Gasteiger partial charge on any atom is -0.396 e. The minimum atomic E-state index is -0.683. The standard InChI is InChI=1S/C14H18N2O3/c1-10-2-4-11(5-3-10)16-13(19)12(18)15-8-14(9-17)6-7-14/h2-5,17H,6-9H2,1H3,(H,15,18)(H,16,19). The summed E-state index contributed by atoms with van der Waals surface area (Å²) in [5, 5.41) is 14.2. The van der Waals surface area contributed by atoms with Crippen molar-refractivity contribution >= 4 is 17.5 Å². The van der Waals surface area contributed by atoms with Gasteiger partial charge in [0, 0.05) is 17.6 Å². The molecule has 5 nitrogen and oxygen atoms in total. The summed E-state index contributed by atoms with van der Waals surface area (Å²) < 4.78 is 0. The highest BCUT2D eigenvalue weighted by atomic mass is 16.3. The second kappa shape index (κ2) is 5.40. The van der Waals surface area contributed by atoms with E-state index in [1.165, 1.54) is 0 Å². The molecule has 0 radical (unpaired) electrons. The predicted octanol–water partition coefficient (Wildman–Crippen LogP) is 0.822. The largest absolute Gasteiger partial charge is 0.396 e. The molecule has 0 aliphatic heterocycles. The summed E-state index contributed by atoms with van der Waals surface area (Å²) in [5.41, 5.74) is 1.48. The lowest BCUT2D eigenvalue weighted by atomic mass is 10.1. The van der Waals surface area contributed by atoms with Crippen molar-refractivity contribution in [3.63, 3.8) is 0 Å². The smallest absolute Gasteiger partial charge is 0.313 e. The van der Waals surface area contributed by atoms with E-state index in [0.29, 0.717) is 12.2 Å². The van der Waals surface area contributed by atoms with E-state index in [4.69, 9.17) is 5.11 Å². The Morgan fingerprint density at radius 2 is 1.84 bits per heavy atom. The summed E-state index contributed by atoms with van der Waals surface area (Å²) in [7, 11) is 0. The van der Waals surface area contributed by atoms with Crippen LogP contribution < -0.4 is 10.6 Å². The molecule has 1 aliphatic carbocycles. The number of anilines is 1. The summed E-state index contributed by atoms with van der Waals surface area (Å²) >= 11 is 0. The zero-order chi connectivity index (χ0) is 13.9. The van der Waals surface area contributed by atoms with Crippen LogP contribution in [-0.2, 0) is 9.59 Å². The highest BCUT2D eigenvalue weighted by Crippen LogP contribution is 2.44. The first-order chi connectivity index (χ1) is 9.04. The van der Waals surface area contributed by atoms with Crippen molar-refractivity contribution in [2.75, 3.05) is 18.5 Å². The fourth-order valence-electron chi connectivity index (χ4n) is 1.74. The molecule has 0 aromatic heterocycles. The van der Waals surface area contributed by atoms with Gasteiger partial charge in [-0.3, -0.25) is 9.59 Å². The van der Waals surface area contributed by atoms with Crippen molar-refractivity contribution in [1.82, 2.24) is 5.32 Å². The molecule has 3 N–H and O–H groups in total. The summed E-state index contributed by atoms with van der Waals surface area (Å²) in [6.07, 6.45) is 1.78. The molecule has 1 saturated carbocycles. The van der Waals surface area contributed by atoms with Crippen LogP contribution in [0.1, 0.15) is 18.4 Å². The van der Waals surface area contributed by atoms with E-state index in [1.54, 1.807) is 12.1 Å². The third-order valence-corrected chi connectivity index (χ3v) is 3.43. The number of aryl methyl sites for hydroxylation is 1. The highest BCUT2D eigenvalue weighted by Gasteiger charge is 2.42. The zero-order valence-electron chi connectivity index (χ0n) is 10.9. The van der Waals surface area contributed by atoms with Gasteiger partial charge in [-0.25, -0.2) is 0 Å². The van der Waals surface area contributed by atoms with Crippen molar-refractivity contribution in [3.8, 4) is 0 Å². The fourth-order valence-corrected chi connectivity index (χ4v) is 1.74. The molecule has 0 saturated heterocycles. The maximum Gasteiger partial charge on any atom is 0.313 e. The van der Waals surface area contributed by atoms with Gasteiger partial charge in [-0.05, 0) is 31.9 Å². The minimum absolute atomic E-state index is 0.0485. The molecule has 1 fully saturated rings. The average Bonchev–Trinajstić information content (AvgIpc) is 3.19. The lowest BCUT2D eigenvalue weighted by Gasteiger charge is -2.12. The SMILES string of the molecule is Cc1ccc(NC(=O)C(=O)NCC2(CO)CC2)cc1. The first-order valence-corrected chi connectivity index (χ1v) is 6.31. The Bertz CT molecular complexity index is 478. The number of amides is 2. The molecule has 0 unspecified atom stereocenters. The monoisotopic (exact) mass is 262 g/mol. The van der Waals surface area contributed by atoms with E-state index in [9.17, 15) is 9.59 Å². The average molecular weight is 262 g/mol. The lowest BCUT2D eigenvalue weighted by Crippen LogP contribution is -2.39. The number of carbonyl (C=O) groups excluding carboxylic acids is 2. The van der Waals surface area contributed by atoms with Gasteiger partial charge < -0.3 is 15.7 Å². The number of carbonyl (C=O) groups is 2. The molecule has 19 heavy (non-hydrogen) atoms. The molecular formula is C14H18N2O3. The van der Waals surface area contributed by atoms with Crippen molar-refractivity contribution < 1.29 is 14.7 Å². The maximum absolute atomic E-state index is 11.6. The van der Waals surface area contributed by atoms with Crippen molar-refractivity contribution in [1.29, 1.82) is 0 Å². The number of aliphatic hydroxyl groups is 1. The van der Waals surface area contributed by atoms with Gasteiger partial charge in [0.2, 0.25) is 0 Å². The molecule has 0 heterocycles. The highest BCUT2D eigenvalue weighted by molar-refractivity contribution is 6.39. The van der Waals surface area contributed by atoms with Gasteiger partial charge in [-0.1, -0.05) is 17.7 Å². The molecule has 2 amide bonds. The van der Waals surface area contributed by atoms with E-state index in [-0.39, 0.29) is 12.0 Å². The van der Waals surface area contributed by atoms with Gasteiger partial charge in [-0.2, -0.15) is 0 Å². The molecular weight excluding hydrogens is 244 g/mol. The van der Waals surface area contributed by atoms with E-state index >= 15 is 0 Å². The molecule has 0 spiro atoms. The van der Waals surface area contributed by atoms with Crippen molar-refractivity contribution in [2.45, 2.75) is 19.8 Å². The van der Waals surface area contributed by atoms with Crippen LogP contribution >= 0.6 is 0 Å². The molecule has 1 aliphatic rings. The summed E-state index contributed by atoms with van der Waals surface area (Å²) in [6.45, 7) is 2.35. The summed E-state index contributed by atoms with van der Waals surface area (Å²) in [5.74, 6) is -1.35. The van der Waals surface area contributed by atoms with Gasteiger partial charge in [0.15, 0.2) is 0 Å². The van der Waals surface area contributed by atoms with Crippen molar-refractivity contribution in [3.05, 3.63) is 29.8 Å². The second-order valence-corrected chi connectivity index (χ2v) is 5.16. The Labute approximate surface area is 112 Å². The number of benzene rings is 1. The lowest BCUT2D eigenvalue weighted by molar-refractivity contribution is -0.136. The third kappa shape index (κ3) is 3.54. The molecule has 102 valence electrons. The van der Waals surface area contributed by atoms with Crippen LogP contribution in [0.2, 0.25) is 0 Å². The van der Waals surface area contributed by atoms with Crippen LogP contribution in [0.25, 0.3) is 0 Å². The van der Waals surface area contributed by atoms with E-state index in [2.05, 4.69) is 10.6 Å². The molecule has 2 rings (SSSR count). The number of aliphatic hydroxyl groups excluding tert-OH is 1.